The second-order valence-electron chi connectivity index (χ2n) is 6.04. The number of rotatable bonds is 2. The second-order valence-corrected chi connectivity index (χ2v) is 6.47. The van der Waals surface area contributed by atoms with Gasteiger partial charge in [-0.05, 0) is 49.6 Å². The highest BCUT2D eigenvalue weighted by atomic mass is 35.5. The topological polar surface area (TPSA) is 45.5 Å². The highest BCUT2D eigenvalue weighted by Crippen LogP contribution is 2.37. The van der Waals surface area contributed by atoms with Gasteiger partial charge in [-0.3, -0.25) is 9.69 Å². The Morgan fingerprint density at radius 1 is 1.43 bits per heavy atom. The number of benzene rings is 1. The lowest BCUT2D eigenvalue weighted by molar-refractivity contribution is -0.137. The molecule has 110 valence electrons. The Bertz CT molecular complexity index is 737. The molecule has 0 saturated carbocycles. The molecule has 1 atom stereocenters. The van der Waals surface area contributed by atoms with Gasteiger partial charge in [-0.2, -0.15) is 0 Å². The zero-order chi connectivity index (χ0) is 14.6. The van der Waals surface area contributed by atoms with Crippen molar-refractivity contribution in [2.45, 2.75) is 38.4 Å². The molecule has 4 rings (SSSR count). The molecule has 1 N–H and O–H groups in total. The summed E-state index contributed by atoms with van der Waals surface area (Å²) in [7, 11) is 0. The van der Waals surface area contributed by atoms with Gasteiger partial charge >= 0.3 is 5.97 Å². The van der Waals surface area contributed by atoms with Gasteiger partial charge in [0.25, 0.3) is 0 Å². The standard InChI is InChI=1S/C16H17ClN2O2/c17-10-3-4-14-12(6-10)13-7-11-2-1-5-18(11)8-15(13)19(14)9-16(20)21/h3-4,6,11H,1-2,5,7-9H2,(H,20,21). The minimum absolute atomic E-state index is 0.0198. The molecule has 0 bridgehead atoms. The number of hydrogen-bond acceptors (Lipinski definition) is 2. The summed E-state index contributed by atoms with van der Waals surface area (Å²) >= 11 is 6.15. The van der Waals surface area contributed by atoms with Crippen molar-refractivity contribution < 1.29 is 9.90 Å². The predicted molar refractivity (Wildman–Crippen MR) is 81.7 cm³/mol. The average Bonchev–Trinajstić information content (AvgIpc) is 3.00. The van der Waals surface area contributed by atoms with Crippen LogP contribution in [0.5, 0.6) is 0 Å². The Labute approximate surface area is 127 Å². The molecule has 0 amide bonds. The lowest BCUT2D eigenvalue weighted by Crippen LogP contribution is -2.36. The van der Waals surface area contributed by atoms with Gasteiger partial charge in [0.15, 0.2) is 0 Å². The van der Waals surface area contributed by atoms with E-state index in [1.54, 1.807) is 0 Å². The number of carboxylic acid groups (broad SMARTS) is 1. The molecule has 2 aliphatic heterocycles. The molecule has 0 radical (unpaired) electrons. The van der Waals surface area contributed by atoms with E-state index in [1.165, 1.54) is 18.4 Å². The molecular formula is C16H17ClN2O2. The first kappa shape index (κ1) is 13.2. The maximum Gasteiger partial charge on any atom is 0.323 e. The third-order valence-corrected chi connectivity index (χ3v) is 5.07. The molecule has 1 aromatic heterocycles. The summed E-state index contributed by atoms with van der Waals surface area (Å²) in [5.74, 6) is -0.798. The Hall–Kier alpha value is -1.52. The fraction of sp³-hybridized carbons (Fsp3) is 0.438. The molecule has 0 aliphatic carbocycles. The number of halogens is 1. The van der Waals surface area contributed by atoms with Crippen molar-refractivity contribution in [3.05, 3.63) is 34.5 Å². The Morgan fingerprint density at radius 2 is 2.29 bits per heavy atom. The van der Waals surface area contributed by atoms with E-state index < -0.39 is 5.97 Å². The van der Waals surface area contributed by atoms with Gasteiger partial charge in [-0.1, -0.05) is 11.6 Å². The maximum atomic E-state index is 11.2. The molecule has 1 aromatic carbocycles. The van der Waals surface area contributed by atoms with Crippen LogP contribution < -0.4 is 0 Å². The van der Waals surface area contributed by atoms with E-state index in [0.717, 1.165) is 36.1 Å². The molecule has 21 heavy (non-hydrogen) atoms. The van der Waals surface area contributed by atoms with Gasteiger partial charge in [-0.25, -0.2) is 0 Å². The third-order valence-electron chi connectivity index (χ3n) is 4.83. The van der Waals surface area contributed by atoms with Crippen molar-refractivity contribution in [1.82, 2.24) is 9.47 Å². The van der Waals surface area contributed by atoms with E-state index in [1.807, 2.05) is 22.8 Å². The lowest BCUT2D eigenvalue weighted by Gasteiger charge is -2.30. The highest BCUT2D eigenvalue weighted by Gasteiger charge is 2.33. The van der Waals surface area contributed by atoms with Gasteiger partial charge in [0.2, 0.25) is 0 Å². The largest absolute Gasteiger partial charge is 0.480 e. The fourth-order valence-corrected chi connectivity index (χ4v) is 4.11. The first-order valence-corrected chi connectivity index (χ1v) is 7.76. The van der Waals surface area contributed by atoms with Crippen LogP contribution in [0.15, 0.2) is 18.2 Å². The van der Waals surface area contributed by atoms with Crippen LogP contribution in [0.3, 0.4) is 0 Å². The van der Waals surface area contributed by atoms with Gasteiger partial charge in [0.1, 0.15) is 6.54 Å². The first-order valence-electron chi connectivity index (χ1n) is 7.39. The number of carboxylic acids is 1. The smallest absolute Gasteiger partial charge is 0.323 e. The summed E-state index contributed by atoms with van der Waals surface area (Å²) in [5.41, 5.74) is 3.46. The Balaban J connectivity index is 1.92. The Kier molecular flexibility index (Phi) is 2.98. The minimum Gasteiger partial charge on any atom is -0.480 e. The van der Waals surface area contributed by atoms with Crippen molar-refractivity contribution in [2.75, 3.05) is 6.54 Å². The number of hydrogen-bond donors (Lipinski definition) is 1. The summed E-state index contributed by atoms with van der Waals surface area (Å²) in [6.07, 6.45) is 3.50. The van der Waals surface area contributed by atoms with Crippen molar-refractivity contribution in [2.24, 2.45) is 0 Å². The molecule has 0 spiro atoms. The van der Waals surface area contributed by atoms with E-state index >= 15 is 0 Å². The molecule has 2 aliphatic rings. The SMILES string of the molecule is O=C(O)Cn1c2c(c3cc(Cl)ccc31)CC1CCCN1C2. The van der Waals surface area contributed by atoms with E-state index in [9.17, 15) is 9.90 Å². The molecule has 2 aromatic rings. The maximum absolute atomic E-state index is 11.2. The summed E-state index contributed by atoms with van der Waals surface area (Å²) < 4.78 is 1.96. The number of aromatic nitrogens is 1. The highest BCUT2D eigenvalue weighted by molar-refractivity contribution is 6.31. The van der Waals surface area contributed by atoms with Crippen LogP contribution in [0.25, 0.3) is 10.9 Å². The van der Waals surface area contributed by atoms with Crippen molar-refractivity contribution in [1.29, 1.82) is 0 Å². The molecule has 1 unspecified atom stereocenters. The normalized spacial score (nSPS) is 21.5. The summed E-state index contributed by atoms with van der Waals surface area (Å²) in [6, 6.07) is 6.39. The van der Waals surface area contributed by atoms with Crippen LogP contribution in [0.2, 0.25) is 5.02 Å². The van der Waals surface area contributed by atoms with Gasteiger partial charge in [0, 0.05) is 34.2 Å². The van der Waals surface area contributed by atoms with Gasteiger partial charge in [-0.15, -0.1) is 0 Å². The Morgan fingerprint density at radius 3 is 3.10 bits per heavy atom. The lowest BCUT2D eigenvalue weighted by atomic mass is 9.97. The number of nitrogens with zero attached hydrogens (tertiary/aromatic N) is 2. The zero-order valence-electron chi connectivity index (χ0n) is 11.7. The monoisotopic (exact) mass is 304 g/mol. The van der Waals surface area contributed by atoms with E-state index in [2.05, 4.69) is 4.90 Å². The second kappa shape index (κ2) is 4.75. The molecule has 3 heterocycles. The van der Waals surface area contributed by atoms with E-state index in [4.69, 9.17) is 11.6 Å². The molecule has 1 fully saturated rings. The first-order chi connectivity index (χ1) is 10.1. The van der Waals surface area contributed by atoms with Crippen LogP contribution in [0.1, 0.15) is 24.1 Å². The van der Waals surface area contributed by atoms with Crippen LogP contribution in [0, 0.1) is 0 Å². The van der Waals surface area contributed by atoms with Crippen LogP contribution in [-0.4, -0.2) is 33.1 Å². The van der Waals surface area contributed by atoms with Crippen molar-refractivity contribution in [3.8, 4) is 0 Å². The quantitative estimate of drug-likeness (QED) is 0.928. The average molecular weight is 305 g/mol. The zero-order valence-corrected chi connectivity index (χ0v) is 12.4. The minimum atomic E-state index is -0.798. The predicted octanol–water partition coefficient (Wildman–Crippen LogP) is 2.90. The number of carbonyl (C=O) groups is 1. The van der Waals surface area contributed by atoms with Gasteiger partial charge in [0.05, 0.1) is 0 Å². The molecular weight excluding hydrogens is 288 g/mol. The number of aliphatic carboxylic acids is 1. The van der Waals surface area contributed by atoms with Crippen molar-refractivity contribution in [3.63, 3.8) is 0 Å². The van der Waals surface area contributed by atoms with Crippen molar-refractivity contribution >= 4 is 28.5 Å². The van der Waals surface area contributed by atoms with E-state index in [-0.39, 0.29) is 6.54 Å². The summed E-state index contributed by atoms with van der Waals surface area (Å²) in [4.78, 5) is 13.7. The third kappa shape index (κ3) is 2.05. The summed E-state index contributed by atoms with van der Waals surface area (Å²) in [6.45, 7) is 2.00. The van der Waals surface area contributed by atoms with Crippen LogP contribution in [-0.2, 0) is 24.3 Å². The summed E-state index contributed by atoms with van der Waals surface area (Å²) in [5, 5.41) is 11.1. The molecule has 5 heteroatoms. The molecule has 4 nitrogen and oxygen atoms in total. The van der Waals surface area contributed by atoms with E-state index in [0.29, 0.717) is 11.1 Å². The fourth-order valence-electron chi connectivity index (χ4n) is 3.94. The van der Waals surface area contributed by atoms with Crippen LogP contribution in [0.4, 0.5) is 0 Å². The van der Waals surface area contributed by atoms with Crippen LogP contribution >= 0.6 is 11.6 Å². The molecule has 1 saturated heterocycles. The van der Waals surface area contributed by atoms with Gasteiger partial charge < -0.3 is 9.67 Å². The number of fused-ring (bicyclic) bond motifs is 4.